The summed E-state index contributed by atoms with van der Waals surface area (Å²) in [5.74, 6) is -1.18. The molecule has 0 radical (unpaired) electrons. The number of hydrogen-bond acceptors (Lipinski definition) is 4. The number of nitrogens with one attached hydrogen (secondary N) is 1. The average molecular weight is 388 g/mol. The normalized spacial score (nSPS) is 10.7. The van der Waals surface area contributed by atoms with Gasteiger partial charge in [-0.2, -0.15) is 10.2 Å². The Morgan fingerprint density at radius 3 is 2.85 bits per heavy atom. The molecular weight excluding hydrogens is 370 g/mol. The molecule has 2 N–H and O–H groups in total. The summed E-state index contributed by atoms with van der Waals surface area (Å²) in [6, 6.07) is 9.53. The molecule has 0 fully saturated rings. The molecule has 0 atom stereocenters. The Morgan fingerprint density at radius 1 is 1.30 bits per heavy atom. The number of anilines is 1. The SMILES string of the molecule is Cc1cccc(Cn2cc(Cl)c(NC(=O)c3ccnn3CCC(=O)O)n2)c1. The molecule has 140 valence electrons. The summed E-state index contributed by atoms with van der Waals surface area (Å²) < 4.78 is 2.98. The first-order valence-electron chi connectivity index (χ1n) is 8.26. The molecule has 2 heterocycles. The Balaban J connectivity index is 1.71. The number of carbonyl (C=O) groups excluding carboxylic acids is 1. The molecule has 1 aromatic carbocycles. The number of aromatic nitrogens is 4. The van der Waals surface area contributed by atoms with Crippen LogP contribution < -0.4 is 5.32 Å². The third-order valence-corrected chi connectivity index (χ3v) is 4.14. The molecule has 27 heavy (non-hydrogen) atoms. The first-order chi connectivity index (χ1) is 12.9. The lowest BCUT2D eigenvalue weighted by molar-refractivity contribution is -0.137. The quantitative estimate of drug-likeness (QED) is 0.649. The summed E-state index contributed by atoms with van der Waals surface area (Å²) in [5, 5.41) is 20.0. The van der Waals surface area contributed by atoms with Crippen LogP contribution in [0.15, 0.2) is 42.7 Å². The van der Waals surface area contributed by atoms with E-state index in [1.54, 1.807) is 10.9 Å². The number of carboxylic acids is 1. The number of amides is 1. The molecule has 0 aliphatic carbocycles. The Bertz CT molecular complexity index is 979. The third kappa shape index (κ3) is 4.73. The van der Waals surface area contributed by atoms with Gasteiger partial charge in [0.1, 0.15) is 10.7 Å². The molecule has 0 bridgehead atoms. The number of rotatable bonds is 7. The lowest BCUT2D eigenvalue weighted by atomic mass is 10.1. The van der Waals surface area contributed by atoms with Gasteiger partial charge in [0, 0.05) is 12.4 Å². The van der Waals surface area contributed by atoms with E-state index in [4.69, 9.17) is 16.7 Å². The molecule has 0 unspecified atom stereocenters. The molecule has 1 amide bonds. The molecule has 0 spiro atoms. The molecular formula is C18H18ClN5O3. The molecule has 3 aromatic rings. The summed E-state index contributed by atoms with van der Waals surface area (Å²) in [4.78, 5) is 23.2. The predicted molar refractivity (Wildman–Crippen MR) is 100.0 cm³/mol. The largest absolute Gasteiger partial charge is 0.481 e. The summed E-state index contributed by atoms with van der Waals surface area (Å²) in [5.41, 5.74) is 2.45. The minimum atomic E-state index is -0.963. The van der Waals surface area contributed by atoms with Gasteiger partial charge in [0.05, 0.1) is 19.5 Å². The molecule has 8 nitrogen and oxygen atoms in total. The zero-order chi connectivity index (χ0) is 19.4. The molecule has 0 aliphatic rings. The summed E-state index contributed by atoms with van der Waals surface area (Å²) in [6.07, 6.45) is 2.95. The summed E-state index contributed by atoms with van der Waals surface area (Å²) >= 11 is 6.19. The van der Waals surface area contributed by atoms with E-state index in [1.165, 1.54) is 16.9 Å². The molecule has 3 rings (SSSR count). The summed E-state index contributed by atoms with van der Waals surface area (Å²) in [6.45, 7) is 2.63. The number of hydrogen-bond donors (Lipinski definition) is 2. The lowest BCUT2D eigenvalue weighted by Crippen LogP contribution is -2.19. The Labute approximate surface area is 160 Å². The van der Waals surface area contributed by atoms with E-state index < -0.39 is 11.9 Å². The fraction of sp³-hybridized carbons (Fsp3) is 0.222. The van der Waals surface area contributed by atoms with Gasteiger partial charge in [-0.05, 0) is 18.6 Å². The second kappa shape index (κ2) is 8.05. The van der Waals surface area contributed by atoms with Gasteiger partial charge in [-0.25, -0.2) is 0 Å². The molecule has 9 heteroatoms. The van der Waals surface area contributed by atoms with Gasteiger partial charge in [0.25, 0.3) is 5.91 Å². The number of benzene rings is 1. The van der Waals surface area contributed by atoms with Crippen LogP contribution in [-0.2, 0) is 17.9 Å². The van der Waals surface area contributed by atoms with Gasteiger partial charge in [-0.3, -0.25) is 19.0 Å². The van der Waals surface area contributed by atoms with Gasteiger partial charge >= 0.3 is 5.97 Å². The van der Waals surface area contributed by atoms with Crippen molar-refractivity contribution in [3.8, 4) is 0 Å². The van der Waals surface area contributed by atoms with Crippen LogP contribution in [0.5, 0.6) is 0 Å². The van der Waals surface area contributed by atoms with Crippen molar-refractivity contribution < 1.29 is 14.7 Å². The van der Waals surface area contributed by atoms with E-state index in [0.29, 0.717) is 11.6 Å². The van der Waals surface area contributed by atoms with Crippen LogP contribution >= 0.6 is 11.6 Å². The maximum absolute atomic E-state index is 12.5. The first kappa shape index (κ1) is 18.7. The zero-order valence-electron chi connectivity index (χ0n) is 14.6. The van der Waals surface area contributed by atoms with E-state index in [9.17, 15) is 9.59 Å². The van der Waals surface area contributed by atoms with Crippen molar-refractivity contribution in [1.82, 2.24) is 19.6 Å². The predicted octanol–water partition coefficient (Wildman–Crippen LogP) is 2.82. The van der Waals surface area contributed by atoms with Crippen LogP contribution in [0.2, 0.25) is 5.02 Å². The number of halogens is 1. The molecule has 0 saturated heterocycles. The second-order valence-electron chi connectivity index (χ2n) is 6.05. The highest BCUT2D eigenvalue weighted by Crippen LogP contribution is 2.21. The maximum Gasteiger partial charge on any atom is 0.305 e. The zero-order valence-corrected chi connectivity index (χ0v) is 15.3. The minimum Gasteiger partial charge on any atom is -0.481 e. The number of aryl methyl sites for hydroxylation is 2. The van der Waals surface area contributed by atoms with Crippen molar-refractivity contribution in [2.45, 2.75) is 26.4 Å². The number of carboxylic acid groups (broad SMARTS) is 1. The number of nitrogens with zero attached hydrogens (tertiary/aromatic N) is 4. The number of carbonyl (C=O) groups is 2. The van der Waals surface area contributed by atoms with Crippen LogP contribution in [0.4, 0.5) is 5.82 Å². The van der Waals surface area contributed by atoms with E-state index in [2.05, 4.69) is 21.6 Å². The smallest absolute Gasteiger partial charge is 0.305 e. The highest BCUT2D eigenvalue weighted by molar-refractivity contribution is 6.33. The van der Waals surface area contributed by atoms with Crippen molar-refractivity contribution >= 4 is 29.3 Å². The van der Waals surface area contributed by atoms with Gasteiger partial charge < -0.3 is 10.4 Å². The van der Waals surface area contributed by atoms with Crippen LogP contribution in [0.3, 0.4) is 0 Å². The Kier molecular flexibility index (Phi) is 5.56. The third-order valence-electron chi connectivity index (χ3n) is 3.86. The second-order valence-corrected chi connectivity index (χ2v) is 6.46. The number of aliphatic carboxylic acids is 1. The molecule has 0 saturated carbocycles. The van der Waals surface area contributed by atoms with E-state index >= 15 is 0 Å². The van der Waals surface area contributed by atoms with Crippen LogP contribution in [-0.4, -0.2) is 36.5 Å². The van der Waals surface area contributed by atoms with Gasteiger partial charge in [0.2, 0.25) is 0 Å². The Morgan fingerprint density at radius 2 is 2.11 bits per heavy atom. The van der Waals surface area contributed by atoms with Crippen LogP contribution in [0.1, 0.15) is 28.0 Å². The highest BCUT2D eigenvalue weighted by Gasteiger charge is 2.16. The lowest BCUT2D eigenvalue weighted by Gasteiger charge is -2.06. The minimum absolute atomic E-state index is 0.0978. The summed E-state index contributed by atoms with van der Waals surface area (Å²) in [7, 11) is 0. The van der Waals surface area contributed by atoms with Gasteiger partial charge in [0.15, 0.2) is 5.82 Å². The fourth-order valence-electron chi connectivity index (χ4n) is 2.64. The van der Waals surface area contributed by atoms with E-state index in [-0.39, 0.29) is 24.5 Å². The first-order valence-corrected chi connectivity index (χ1v) is 8.63. The highest BCUT2D eigenvalue weighted by atomic mass is 35.5. The molecule has 0 aliphatic heterocycles. The monoisotopic (exact) mass is 387 g/mol. The van der Waals surface area contributed by atoms with Crippen LogP contribution in [0.25, 0.3) is 0 Å². The Hall–Kier alpha value is -3.13. The maximum atomic E-state index is 12.5. The topological polar surface area (TPSA) is 102 Å². The van der Waals surface area contributed by atoms with E-state index in [1.807, 2.05) is 25.1 Å². The van der Waals surface area contributed by atoms with Crippen molar-refractivity contribution in [2.75, 3.05) is 5.32 Å². The van der Waals surface area contributed by atoms with Crippen molar-refractivity contribution in [1.29, 1.82) is 0 Å². The van der Waals surface area contributed by atoms with Crippen molar-refractivity contribution in [3.63, 3.8) is 0 Å². The van der Waals surface area contributed by atoms with Crippen molar-refractivity contribution in [2.24, 2.45) is 0 Å². The van der Waals surface area contributed by atoms with Gasteiger partial charge in [-0.15, -0.1) is 0 Å². The standard InChI is InChI=1S/C18H18ClN5O3/c1-12-3-2-4-13(9-12)10-23-11-14(19)17(22-23)21-18(27)15-5-7-20-24(15)8-6-16(25)26/h2-5,7,9,11H,6,8,10H2,1H3,(H,25,26)(H,21,22,27). The van der Waals surface area contributed by atoms with E-state index in [0.717, 1.165) is 11.1 Å². The average Bonchev–Trinajstić information content (AvgIpc) is 3.20. The molecule has 2 aromatic heterocycles. The van der Waals surface area contributed by atoms with Gasteiger partial charge in [-0.1, -0.05) is 41.4 Å². The van der Waals surface area contributed by atoms with Crippen LogP contribution in [0, 0.1) is 6.92 Å². The fourth-order valence-corrected chi connectivity index (χ4v) is 2.83. The van der Waals surface area contributed by atoms with Crippen molar-refractivity contribution in [3.05, 3.63) is 64.6 Å².